The number of aromatic nitrogens is 3. The van der Waals surface area contributed by atoms with Crippen LogP contribution in [0.1, 0.15) is 19.4 Å². The average molecular weight is 377 g/mol. The number of ether oxygens (including phenoxy) is 2. The molecule has 0 radical (unpaired) electrons. The average Bonchev–Trinajstić information content (AvgIpc) is 3.11. The molecule has 0 fully saturated rings. The number of nitrogens with one attached hydrogen (secondary N) is 1. The highest BCUT2D eigenvalue weighted by Gasteiger charge is 2.14. The first-order chi connectivity index (χ1) is 13.6. The molecule has 2 aromatic heterocycles. The van der Waals surface area contributed by atoms with Gasteiger partial charge >= 0.3 is 0 Å². The van der Waals surface area contributed by atoms with Crippen molar-refractivity contribution in [2.24, 2.45) is 0 Å². The molecule has 0 saturated heterocycles. The Kier molecular flexibility index (Phi) is 4.93. The number of H-pyrrole nitrogens is 1. The molecule has 2 heterocycles. The first kappa shape index (κ1) is 18.0. The van der Waals surface area contributed by atoms with E-state index < -0.39 is 0 Å². The van der Waals surface area contributed by atoms with Crippen molar-refractivity contribution in [3.05, 3.63) is 72.2 Å². The largest absolute Gasteiger partial charge is 0.490 e. The molecule has 0 spiro atoms. The number of aromatic amines is 1. The zero-order valence-electron chi connectivity index (χ0n) is 15.6. The number of hydrogen-bond donors (Lipinski definition) is 1. The van der Waals surface area contributed by atoms with Gasteiger partial charge in [-0.05, 0) is 44.2 Å². The lowest BCUT2D eigenvalue weighted by Crippen LogP contribution is -2.07. The third-order valence-corrected chi connectivity index (χ3v) is 4.18. The van der Waals surface area contributed by atoms with E-state index in [0.29, 0.717) is 28.5 Å². The summed E-state index contributed by atoms with van der Waals surface area (Å²) >= 11 is 0. The second-order valence-electron chi connectivity index (χ2n) is 6.66. The van der Waals surface area contributed by atoms with Crippen LogP contribution in [-0.2, 0) is 6.61 Å². The summed E-state index contributed by atoms with van der Waals surface area (Å²) in [6, 6.07) is 15.8. The van der Waals surface area contributed by atoms with Gasteiger partial charge in [0.2, 0.25) is 0 Å². The van der Waals surface area contributed by atoms with Gasteiger partial charge in [-0.3, -0.25) is 0 Å². The monoisotopic (exact) mass is 377 g/mol. The second kappa shape index (κ2) is 7.68. The maximum Gasteiger partial charge on any atom is 0.157 e. The summed E-state index contributed by atoms with van der Waals surface area (Å²) < 4.78 is 25.6. The fraction of sp³-hybridized carbons (Fsp3) is 0.182. The standard InChI is InChI=1S/C22H20FN3O2/c1-14(2)28-20-12-16(27-13-15-6-3-4-7-18(15)23)9-10-17(20)21-25-19-8-5-11-24-22(19)26-21/h3-12,14H,13H2,1-2H3,(H,24,25,26). The zero-order chi connectivity index (χ0) is 19.5. The third kappa shape index (κ3) is 3.81. The van der Waals surface area contributed by atoms with Crippen LogP contribution in [0.3, 0.4) is 0 Å². The SMILES string of the molecule is CC(C)Oc1cc(OCc2ccccc2F)ccc1-c1nc2cccnc2[nH]1. The smallest absolute Gasteiger partial charge is 0.157 e. The van der Waals surface area contributed by atoms with Crippen molar-refractivity contribution in [1.29, 1.82) is 0 Å². The summed E-state index contributed by atoms with van der Waals surface area (Å²) in [5, 5.41) is 0. The van der Waals surface area contributed by atoms with Gasteiger partial charge < -0.3 is 14.5 Å². The van der Waals surface area contributed by atoms with Crippen molar-refractivity contribution in [2.75, 3.05) is 0 Å². The number of hydrogen-bond acceptors (Lipinski definition) is 4. The minimum Gasteiger partial charge on any atom is -0.490 e. The number of rotatable bonds is 6. The molecule has 6 heteroatoms. The Bertz CT molecular complexity index is 1070. The van der Waals surface area contributed by atoms with Crippen molar-refractivity contribution < 1.29 is 13.9 Å². The lowest BCUT2D eigenvalue weighted by molar-refractivity contribution is 0.240. The Labute approximate surface area is 162 Å². The molecule has 4 aromatic rings. The molecule has 2 aromatic carbocycles. The Morgan fingerprint density at radius 3 is 2.71 bits per heavy atom. The second-order valence-corrected chi connectivity index (χ2v) is 6.66. The van der Waals surface area contributed by atoms with Gasteiger partial charge in [0.05, 0.1) is 11.7 Å². The summed E-state index contributed by atoms with van der Waals surface area (Å²) in [7, 11) is 0. The van der Waals surface area contributed by atoms with E-state index in [1.165, 1.54) is 6.07 Å². The number of fused-ring (bicyclic) bond motifs is 1. The van der Waals surface area contributed by atoms with E-state index in [0.717, 1.165) is 11.1 Å². The lowest BCUT2D eigenvalue weighted by atomic mass is 10.1. The number of nitrogens with zero attached hydrogens (tertiary/aromatic N) is 2. The fourth-order valence-electron chi connectivity index (χ4n) is 2.89. The molecule has 1 N–H and O–H groups in total. The molecular weight excluding hydrogens is 357 g/mol. The lowest BCUT2D eigenvalue weighted by Gasteiger charge is -2.15. The van der Waals surface area contributed by atoms with Gasteiger partial charge in [0.15, 0.2) is 5.65 Å². The van der Waals surface area contributed by atoms with Gasteiger partial charge in [0.1, 0.15) is 35.3 Å². The molecular formula is C22H20FN3O2. The van der Waals surface area contributed by atoms with E-state index in [9.17, 15) is 4.39 Å². The van der Waals surface area contributed by atoms with Gasteiger partial charge in [-0.25, -0.2) is 14.4 Å². The number of halogens is 1. The topological polar surface area (TPSA) is 60.0 Å². The van der Waals surface area contributed by atoms with Gasteiger partial charge in [0.25, 0.3) is 0 Å². The van der Waals surface area contributed by atoms with E-state index >= 15 is 0 Å². The minimum absolute atomic E-state index is 0.0249. The molecule has 0 amide bonds. The van der Waals surface area contributed by atoms with Crippen LogP contribution in [0.25, 0.3) is 22.6 Å². The van der Waals surface area contributed by atoms with Crippen LogP contribution in [0.15, 0.2) is 60.8 Å². The normalized spacial score (nSPS) is 11.1. The first-order valence-corrected chi connectivity index (χ1v) is 9.08. The molecule has 0 unspecified atom stereocenters. The van der Waals surface area contributed by atoms with Crippen LogP contribution in [0, 0.1) is 5.82 Å². The fourth-order valence-corrected chi connectivity index (χ4v) is 2.89. The summed E-state index contributed by atoms with van der Waals surface area (Å²) in [6.07, 6.45) is 1.69. The summed E-state index contributed by atoms with van der Waals surface area (Å²) in [5.74, 6) is 1.62. The van der Waals surface area contributed by atoms with E-state index in [-0.39, 0.29) is 18.5 Å². The highest BCUT2D eigenvalue weighted by atomic mass is 19.1. The van der Waals surface area contributed by atoms with Crippen molar-refractivity contribution in [3.63, 3.8) is 0 Å². The van der Waals surface area contributed by atoms with Crippen LogP contribution in [0.5, 0.6) is 11.5 Å². The van der Waals surface area contributed by atoms with Crippen LogP contribution >= 0.6 is 0 Å². The highest BCUT2D eigenvalue weighted by molar-refractivity contribution is 5.77. The Hall–Kier alpha value is -3.41. The van der Waals surface area contributed by atoms with Crippen LogP contribution in [-0.4, -0.2) is 21.1 Å². The molecule has 0 saturated carbocycles. The molecule has 28 heavy (non-hydrogen) atoms. The van der Waals surface area contributed by atoms with Crippen molar-refractivity contribution in [2.45, 2.75) is 26.6 Å². The van der Waals surface area contributed by atoms with E-state index in [4.69, 9.17) is 9.47 Å². The third-order valence-electron chi connectivity index (χ3n) is 4.18. The van der Waals surface area contributed by atoms with Gasteiger partial charge in [0, 0.05) is 17.8 Å². The number of pyridine rings is 1. The first-order valence-electron chi connectivity index (χ1n) is 9.08. The molecule has 0 atom stereocenters. The molecule has 0 aliphatic carbocycles. The van der Waals surface area contributed by atoms with Gasteiger partial charge in [-0.1, -0.05) is 18.2 Å². The maximum atomic E-state index is 13.8. The predicted octanol–water partition coefficient (Wildman–Crippen LogP) is 5.13. The predicted molar refractivity (Wildman–Crippen MR) is 106 cm³/mol. The quantitative estimate of drug-likeness (QED) is 0.506. The Morgan fingerprint density at radius 1 is 1.07 bits per heavy atom. The maximum absolute atomic E-state index is 13.8. The summed E-state index contributed by atoms with van der Waals surface area (Å²) in [4.78, 5) is 12.1. The highest BCUT2D eigenvalue weighted by Crippen LogP contribution is 2.33. The molecule has 5 nitrogen and oxygen atoms in total. The molecule has 0 aliphatic heterocycles. The number of imidazole rings is 1. The molecule has 0 bridgehead atoms. The molecule has 142 valence electrons. The van der Waals surface area contributed by atoms with E-state index in [1.807, 2.05) is 38.1 Å². The zero-order valence-corrected chi connectivity index (χ0v) is 15.6. The van der Waals surface area contributed by atoms with Crippen LogP contribution in [0.4, 0.5) is 4.39 Å². The van der Waals surface area contributed by atoms with Crippen LogP contribution < -0.4 is 9.47 Å². The van der Waals surface area contributed by atoms with Crippen molar-refractivity contribution in [1.82, 2.24) is 15.0 Å². The number of benzene rings is 2. The van der Waals surface area contributed by atoms with E-state index in [1.54, 1.807) is 30.5 Å². The molecule has 0 aliphatic rings. The summed E-state index contributed by atoms with van der Waals surface area (Å²) in [6.45, 7) is 4.05. The Morgan fingerprint density at radius 2 is 1.93 bits per heavy atom. The van der Waals surface area contributed by atoms with Crippen molar-refractivity contribution >= 4 is 11.2 Å². The Balaban J connectivity index is 1.64. The summed E-state index contributed by atoms with van der Waals surface area (Å²) in [5.41, 5.74) is 2.81. The minimum atomic E-state index is -0.285. The van der Waals surface area contributed by atoms with Crippen molar-refractivity contribution in [3.8, 4) is 22.9 Å². The van der Waals surface area contributed by atoms with E-state index in [2.05, 4.69) is 15.0 Å². The van der Waals surface area contributed by atoms with Crippen LogP contribution in [0.2, 0.25) is 0 Å². The van der Waals surface area contributed by atoms with Gasteiger partial charge in [-0.15, -0.1) is 0 Å². The molecule has 4 rings (SSSR count). The van der Waals surface area contributed by atoms with Gasteiger partial charge in [-0.2, -0.15) is 0 Å².